The van der Waals surface area contributed by atoms with E-state index >= 15 is 0 Å². The molecule has 5 heteroatoms. The first-order chi connectivity index (χ1) is 8.06. The first-order valence-corrected chi connectivity index (χ1v) is 6.70. The van der Waals surface area contributed by atoms with E-state index in [1.54, 1.807) is 43.3 Å². The molecule has 0 spiro atoms. The van der Waals surface area contributed by atoms with Crippen molar-refractivity contribution >= 4 is 16.3 Å². The fourth-order valence-corrected chi connectivity index (χ4v) is 2.76. The lowest BCUT2D eigenvalue weighted by molar-refractivity contribution is -0.127. The highest BCUT2D eigenvalue weighted by atomic mass is 32.2. The molecule has 0 aromatic heterocycles. The number of carbonyl (C=O) groups excluding carboxylic acids is 1. The standard InChI is InChI=1S/C12H14O4S/c1-11(7-8-16-10-13)9-17(14,15)12-5-3-2-4-6-12/h2-7,10H,8-9H2,1H3. The van der Waals surface area contributed by atoms with Crippen molar-refractivity contribution in [3.8, 4) is 0 Å². The van der Waals surface area contributed by atoms with Crippen LogP contribution >= 0.6 is 0 Å². The van der Waals surface area contributed by atoms with Gasteiger partial charge in [0, 0.05) is 0 Å². The number of sulfone groups is 1. The van der Waals surface area contributed by atoms with Crippen molar-refractivity contribution in [2.24, 2.45) is 0 Å². The molecule has 1 rings (SSSR count). The van der Waals surface area contributed by atoms with Gasteiger partial charge in [-0.2, -0.15) is 0 Å². The van der Waals surface area contributed by atoms with Crippen LogP contribution in [0.25, 0.3) is 0 Å². The number of hydrogen-bond acceptors (Lipinski definition) is 4. The molecule has 0 radical (unpaired) electrons. The van der Waals surface area contributed by atoms with Gasteiger partial charge in [-0.3, -0.25) is 4.79 Å². The summed E-state index contributed by atoms with van der Waals surface area (Å²) in [6.45, 7) is 2.11. The maximum atomic E-state index is 11.9. The van der Waals surface area contributed by atoms with E-state index in [-0.39, 0.29) is 12.4 Å². The predicted octanol–water partition coefficient (Wildman–Crippen LogP) is 1.58. The van der Waals surface area contributed by atoms with Crippen LogP contribution in [0.2, 0.25) is 0 Å². The molecule has 0 saturated heterocycles. The summed E-state index contributed by atoms with van der Waals surface area (Å²) in [7, 11) is -3.31. The molecule has 1 aromatic carbocycles. The molecule has 0 aliphatic carbocycles. The molecule has 0 aliphatic heterocycles. The quantitative estimate of drug-likeness (QED) is 0.439. The predicted molar refractivity (Wildman–Crippen MR) is 64.3 cm³/mol. The highest BCUT2D eigenvalue weighted by Gasteiger charge is 2.13. The Morgan fingerprint density at radius 2 is 1.94 bits per heavy atom. The molecule has 0 unspecified atom stereocenters. The summed E-state index contributed by atoms with van der Waals surface area (Å²) < 4.78 is 28.3. The lowest BCUT2D eigenvalue weighted by Crippen LogP contribution is -2.08. The van der Waals surface area contributed by atoms with Crippen molar-refractivity contribution in [2.45, 2.75) is 11.8 Å². The molecule has 4 nitrogen and oxygen atoms in total. The van der Waals surface area contributed by atoms with Crippen LogP contribution in [0, 0.1) is 0 Å². The Balaban J connectivity index is 2.74. The van der Waals surface area contributed by atoms with Crippen LogP contribution < -0.4 is 0 Å². The molecule has 0 amide bonds. The molecule has 0 bridgehead atoms. The maximum absolute atomic E-state index is 11.9. The van der Waals surface area contributed by atoms with E-state index in [2.05, 4.69) is 4.74 Å². The van der Waals surface area contributed by atoms with Gasteiger partial charge in [0.1, 0.15) is 6.61 Å². The minimum Gasteiger partial charge on any atom is -0.464 e. The number of ether oxygens (including phenoxy) is 1. The van der Waals surface area contributed by atoms with E-state index in [1.165, 1.54) is 0 Å². The number of hydrogen-bond donors (Lipinski definition) is 0. The Hall–Kier alpha value is -1.62. The lowest BCUT2D eigenvalue weighted by Gasteiger charge is -2.04. The molecular weight excluding hydrogens is 240 g/mol. The van der Waals surface area contributed by atoms with Crippen molar-refractivity contribution in [3.05, 3.63) is 42.0 Å². The summed E-state index contributed by atoms with van der Waals surface area (Å²) in [6.07, 6.45) is 1.58. The van der Waals surface area contributed by atoms with E-state index in [1.807, 2.05) is 0 Å². The molecular formula is C12H14O4S. The molecule has 0 atom stereocenters. The molecule has 92 valence electrons. The number of rotatable bonds is 6. The SMILES string of the molecule is CC(=CCOC=O)CS(=O)(=O)c1ccccc1. The number of benzene rings is 1. The minimum absolute atomic E-state index is 0.0702. The Morgan fingerprint density at radius 1 is 1.29 bits per heavy atom. The monoisotopic (exact) mass is 254 g/mol. The molecule has 0 saturated carbocycles. The summed E-state index contributed by atoms with van der Waals surface area (Å²) in [4.78, 5) is 10.2. The Kier molecular flexibility index (Phi) is 4.90. The van der Waals surface area contributed by atoms with Gasteiger partial charge in [0.15, 0.2) is 9.84 Å². The highest BCUT2D eigenvalue weighted by molar-refractivity contribution is 7.91. The van der Waals surface area contributed by atoms with Crippen LogP contribution in [0.15, 0.2) is 46.9 Å². The van der Waals surface area contributed by atoms with Gasteiger partial charge in [-0.05, 0) is 25.1 Å². The van der Waals surface area contributed by atoms with E-state index in [0.29, 0.717) is 16.9 Å². The summed E-state index contributed by atoms with van der Waals surface area (Å²) >= 11 is 0. The van der Waals surface area contributed by atoms with Gasteiger partial charge in [0.05, 0.1) is 10.6 Å². The third kappa shape index (κ3) is 4.40. The van der Waals surface area contributed by atoms with Crippen LogP contribution in [0.1, 0.15) is 6.92 Å². The average Bonchev–Trinajstić information content (AvgIpc) is 2.30. The third-order valence-electron chi connectivity index (χ3n) is 2.12. The van der Waals surface area contributed by atoms with Gasteiger partial charge in [-0.1, -0.05) is 23.8 Å². The van der Waals surface area contributed by atoms with Crippen LogP contribution in [0.5, 0.6) is 0 Å². The molecule has 0 heterocycles. The Bertz CT molecular complexity index is 488. The lowest BCUT2D eigenvalue weighted by atomic mass is 10.3. The van der Waals surface area contributed by atoms with Gasteiger partial charge >= 0.3 is 0 Å². The average molecular weight is 254 g/mol. The fraction of sp³-hybridized carbons (Fsp3) is 0.250. The number of carbonyl (C=O) groups is 1. The van der Waals surface area contributed by atoms with E-state index < -0.39 is 9.84 Å². The Morgan fingerprint density at radius 3 is 2.53 bits per heavy atom. The van der Waals surface area contributed by atoms with Gasteiger partial charge in [0.25, 0.3) is 6.47 Å². The van der Waals surface area contributed by atoms with Crippen LogP contribution in [-0.2, 0) is 19.4 Å². The second kappa shape index (κ2) is 6.20. The summed E-state index contributed by atoms with van der Waals surface area (Å²) in [5.41, 5.74) is 0.649. The van der Waals surface area contributed by atoms with Crippen molar-refractivity contribution in [3.63, 3.8) is 0 Å². The van der Waals surface area contributed by atoms with E-state index in [0.717, 1.165) is 0 Å². The van der Waals surface area contributed by atoms with Gasteiger partial charge in [-0.15, -0.1) is 0 Å². The minimum atomic E-state index is -3.31. The van der Waals surface area contributed by atoms with Gasteiger partial charge < -0.3 is 4.74 Å². The van der Waals surface area contributed by atoms with Crippen LogP contribution in [-0.4, -0.2) is 27.2 Å². The molecule has 1 aromatic rings. The zero-order valence-corrected chi connectivity index (χ0v) is 10.3. The molecule has 0 fully saturated rings. The van der Waals surface area contributed by atoms with Crippen LogP contribution in [0.3, 0.4) is 0 Å². The topological polar surface area (TPSA) is 60.4 Å². The summed E-state index contributed by atoms with van der Waals surface area (Å²) in [5.74, 6) is -0.0702. The van der Waals surface area contributed by atoms with Crippen LogP contribution in [0.4, 0.5) is 0 Å². The molecule has 17 heavy (non-hydrogen) atoms. The normalized spacial score (nSPS) is 12.2. The first kappa shape index (κ1) is 13.4. The summed E-state index contributed by atoms with van der Waals surface area (Å²) in [6, 6.07) is 8.25. The first-order valence-electron chi connectivity index (χ1n) is 5.05. The van der Waals surface area contributed by atoms with Gasteiger partial charge in [-0.25, -0.2) is 8.42 Å². The van der Waals surface area contributed by atoms with Gasteiger partial charge in [0.2, 0.25) is 0 Å². The van der Waals surface area contributed by atoms with Crippen molar-refractivity contribution in [2.75, 3.05) is 12.4 Å². The van der Waals surface area contributed by atoms with Crippen molar-refractivity contribution in [1.82, 2.24) is 0 Å². The largest absolute Gasteiger partial charge is 0.464 e. The van der Waals surface area contributed by atoms with E-state index in [4.69, 9.17) is 0 Å². The highest BCUT2D eigenvalue weighted by Crippen LogP contribution is 2.13. The fourth-order valence-electron chi connectivity index (χ4n) is 1.30. The Labute approximate surface area is 101 Å². The van der Waals surface area contributed by atoms with Crippen molar-refractivity contribution < 1.29 is 17.9 Å². The zero-order chi connectivity index (χ0) is 12.7. The smallest absolute Gasteiger partial charge is 0.293 e. The van der Waals surface area contributed by atoms with Crippen molar-refractivity contribution in [1.29, 1.82) is 0 Å². The second-order valence-electron chi connectivity index (χ2n) is 3.55. The second-order valence-corrected chi connectivity index (χ2v) is 5.54. The summed E-state index contributed by atoms with van der Waals surface area (Å²) in [5, 5.41) is 0. The maximum Gasteiger partial charge on any atom is 0.293 e. The molecule has 0 aliphatic rings. The third-order valence-corrected chi connectivity index (χ3v) is 3.94. The van der Waals surface area contributed by atoms with E-state index in [9.17, 15) is 13.2 Å². The molecule has 0 N–H and O–H groups in total. The zero-order valence-electron chi connectivity index (χ0n) is 9.50.